The first-order chi connectivity index (χ1) is 6.94. The minimum Gasteiger partial charge on any atom is -0.318 e. The number of rotatable bonds is 3. The van der Waals surface area contributed by atoms with Gasteiger partial charge in [-0.25, -0.2) is 4.98 Å². The largest absolute Gasteiger partial charge is 0.318 e. The standard InChI is InChI=1S/C11H18N4/c1-9(7-12)15-6-5-13-10(15)8-14-11(2,3)4/h5-6,9,14H,8H2,1-4H3. The Balaban J connectivity index is 2.71. The number of hydrogen-bond acceptors (Lipinski definition) is 3. The highest BCUT2D eigenvalue weighted by Crippen LogP contribution is 2.09. The molecule has 4 heteroatoms. The van der Waals surface area contributed by atoms with E-state index in [1.54, 1.807) is 6.20 Å². The van der Waals surface area contributed by atoms with E-state index in [9.17, 15) is 0 Å². The summed E-state index contributed by atoms with van der Waals surface area (Å²) >= 11 is 0. The summed E-state index contributed by atoms with van der Waals surface area (Å²) in [5, 5.41) is 12.2. The zero-order chi connectivity index (χ0) is 11.5. The maximum atomic E-state index is 8.84. The molecule has 0 aliphatic heterocycles. The van der Waals surface area contributed by atoms with Gasteiger partial charge in [0, 0.05) is 17.9 Å². The van der Waals surface area contributed by atoms with Gasteiger partial charge in [-0.15, -0.1) is 0 Å². The van der Waals surface area contributed by atoms with Crippen molar-refractivity contribution in [2.24, 2.45) is 0 Å². The molecule has 0 bridgehead atoms. The van der Waals surface area contributed by atoms with Gasteiger partial charge in [-0.3, -0.25) is 0 Å². The molecule has 0 amide bonds. The van der Waals surface area contributed by atoms with Gasteiger partial charge in [-0.05, 0) is 27.7 Å². The Bertz CT molecular complexity index is 353. The van der Waals surface area contributed by atoms with Crippen molar-refractivity contribution in [3.05, 3.63) is 18.2 Å². The summed E-state index contributed by atoms with van der Waals surface area (Å²) in [7, 11) is 0. The van der Waals surface area contributed by atoms with Crippen LogP contribution in [0.1, 0.15) is 39.6 Å². The second kappa shape index (κ2) is 4.45. The van der Waals surface area contributed by atoms with Crippen LogP contribution in [0.4, 0.5) is 0 Å². The molecule has 0 radical (unpaired) electrons. The summed E-state index contributed by atoms with van der Waals surface area (Å²) in [5.41, 5.74) is 0.0622. The number of nitrogens with zero attached hydrogens (tertiary/aromatic N) is 3. The second-order valence-corrected chi connectivity index (χ2v) is 4.66. The van der Waals surface area contributed by atoms with E-state index in [0.29, 0.717) is 6.54 Å². The van der Waals surface area contributed by atoms with E-state index in [0.717, 1.165) is 5.82 Å². The van der Waals surface area contributed by atoms with Crippen molar-refractivity contribution in [1.29, 1.82) is 5.26 Å². The Kier molecular flexibility index (Phi) is 3.48. The first-order valence-corrected chi connectivity index (χ1v) is 5.10. The Morgan fingerprint density at radius 3 is 2.80 bits per heavy atom. The average Bonchev–Trinajstić information content (AvgIpc) is 2.60. The molecule has 1 N–H and O–H groups in total. The van der Waals surface area contributed by atoms with E-state index in [-0.39, 0.29) is 11.6 Å². The normalized spacial score (nSPS) is 13.5. The van der Waals surface area contributed by atoms with Crippen molar-refractivity contribution < 1.29 is 0 Å². The van der Waals surface area contributed by atoms with Crippen LogP contribution in [-0.2, 0) is 6.54 Å². The van der Waals surface area contributed by atoms with Crippen LogP contribution in [0.15, 0.2) is 12.4 Å². The van der Waals surface area contributed by atoms with Crippen LogP contribution in [0, 0.1) is 11.3 Å². The molecule has 82 valence electrons. The monoisotopic (exact) mass is 206 g/mol. The van der Waals surface area contributed by atoms with E-state index in [2.05, 4.69) is 37.1 Å². The first-order valence-electron chi connectivity index (χ1n) is 5.10. The minimum absolute atomic E-state index is 0.0622. The van der Waals surface area contributed by atoms with Crippen molar-refractivity contribution in [3.63, 3.8) is 0 Å². The smallest absolute Gasteiger partial charge is 0.123 e. The molecule has 1 aromatic heterocycles. The fraction of sp³-hybridized carbons (Fsp3) is 0.636. The van der Waals surface area contributed by atoms with Gasteiger partial charge in [-0.2, -0.15) is 5.26 Å². The molecular weight excluding hydrogens is 188 g/mol. The van der Waals surface area contributed by atoms with Gasteiger partial charge in [-0.1, -0.05) is 0 Å². The van der Waals surface area contributed by atoms with Crippen molar-refractivity contribution in [3.8, 4) is 6.07 Å². The van der Waals surface area contributed by atoms with Crippen LogP contribution in [0.5, 0.6) is 0 Å². The highest BCUT2D eigenvalue weighted by atomic mass is 15.1. The SMILES string of the molecule is CC(C#N)n1ccnc1CNC(C)(C)C. The van der Waals surface area contributed by atoms with Crippen molar-refractivity contribution in [1.82, 2.24) is 14.9 Å². The molecular formula is C11H18N4. The number of nitrogens with one attached hydrogen (secondary N) is 1. The zero-order valence-corrected chi connectivity index (χ0v) is 9.78. The van der Waals surface area contributed by atoms with Gasteiger partial charge in [0.2, 0.25) is 0 Å². The molecule has 0 aromatic carbocycles. The minimum atomic E-state index is -0.163. The van der Waals surface area contributed by atoms with Crippen LogP contribution < -0.4 is 5.32 Å². The lowest BCUT2D eigenvalue weighted by Crippen LogP contribution is -2.36. The van der Waals surface area contributed by atoms with Gasteiger partial charge in [0.1, 0.15) is 11.9 Å². The predicted octanol–water partition coefficient (Wildman–Crippen LogP) is 1.86. The third kappa shape index (κ3) is 3.37. The quantitative estimate of drug-likeness (QED) is 0.821. The number of hydrogen-bond donors (Lipinski definition) is 1. The maximum Gasteiger partial charge on any atom is 0.123 e. The van der Waals surface area contributed by atoms with Crippen LogP contribution in [-0.4, -0.2) is 15.1 Å². The molecule has 0 fully saturated rings. The molecule has 15 heavy (non-hydrogen) atoms. The molecule has 0 spiro atoms. The fourth-order valence-corrected chi connectivity index (χ4v) is 1.24. The number of imidazole rings is 1. The van der Waals surface area contributed by atoms with Crippen molar-refractivity contribution in [2.45, 2.75) is 45.8 Å². The number of nitriles is 1. The van der Waals surface area contributed by atoms with Gasteiger partial charge in [0.25, 0.3) is 0 Å². The zero-order valence-electron chi connectivity index (χ0n) is 9.78. The molecule has 0 saturated carbocycles. The van der Waals surface area contributed by atoms with Gasteiger partial charge in [0.05, 0.1) is 12.6 Å². The molecule has 1 aromatic rings. The highest BCUT2D eigenvalue weighted by Gasteiger charge is 2.13. The number of aromatic nitrogens is 2. The molecule has 0 saturated heterocycles. The van der Waals surface area contributed by atoms with E-state index in [4.69, 9.17) is 5.26 Å². The predicted molar refractivity (Wildman–Crippen MR) is 59.1 cm³/mol. The van der Waals surface area contributed by atoms with E-state index in [1.165, 1.54) is 0 Å². The topological polar surface area (TPSA) is 53.6 Å². The Labute approximate surface area is 90.9 Å². The molecule has 1 atom stereocenters. The van der Waals surface area contributed by atoms with Crippen molar-refractivity contribution in [2.75, 3.05) is 0 Å². The third-order valence-electron chi connectivity index (χ3n) is 2.13. The van der Waals surface area contributed by atoms with Crippen LogP contribution >= 0.6 is 0 Å². The molecule has 0 aliphatic carbocycles. The lowest BCUT2D eigenvalue weighted by molar-refractivity contribution is 0.410. The summed E-state index contributed by atoms with van der Waals surface area (Å²) in [6.45, 7) is 8.86. The fourth-order valence-electron chi connectivity index (χ4n) is 1.24. The third-order valence-corrected chi connectivity index (χ3v) is 2.13. The summed E-state index contributed by atoms with van der Waals surface area (Å²) in [6, 6.07) is 2.04. The van der Waals surface area contributed by atoms with Crippen LogP contribution in [0.3, 0.4) is 0 Å². The van der Waals surface area contributed by atoms with Gasteiger partial charge in [0.15, 0.2) is 0 Å². The summed E-state index contributed by atoms with van der Waals surface area (Å²) < 4.78 is 1.89. The second-order valence-electron chi connectivity index (χ2n) is 4.66. The molecule has 1 heterocycles. The molecule has 1 rings (SSSR count). The van der Waals surface area contributed by atoms with Crippen molar-refractivity contribution >= 4 is 0 Å². The van der Waals surface area contributed by atoms with Crippen LogP contribution in [0.25, 0.3) is 0 Å². The molecule has 4 nitrogen and oxygen atoms in total. The van der Waals surface area contributed by atoms with Crippen LogP contribution in [0.2, 0.25) is 0 Å². The Morgan fingerprint density at radius 2 is 2.27 bits per heavy atom. The lowest BCUT2D eigenvalue weighted by Gasteiger charge is -2.21. The Morgan fingerprint density at radius 1 is 1.60 bits per heavy atom. The van der Waals surface area contributed by atoms with E-state index in [1.807, 2.05) is 17.7 Å². The molecule has 1 unspecified atom stereocenters. The average molecular weight is 206 g/mol. The molecule has 0 aliphatic rings. The summed E-state index contributed by atoms with van der Waals surface area (Å²) in [5.74, 6) is 0.902. The van der Waals surface area contributed by atoms with E-state index < -0.39 is 0 Å². The van der Waals surface area contributed by atoms with E-state index >= 15 is 0 Å². The Hall–Kier alpha value is -1.34. The summed E-state index contributed by atoms with van der Waals surface area (Å²) in [6.07, 6.45) is 3.57. The summed E-state index contributed by atoms with van der Waals surface area (Å²) in [4.78, 5) is 4.24. The maximum absolute atomic E-state index is 8.84. The lowest BCUT2D eigenvalue weighted by atomic mass is 10.1. The van der Waals surface area contributed by atoms with Gasteiger partial charge < -0.3 is 9.88 Å². The highest BCUT2D eigenvalue weighted by molar-refractivity contribution is 5.00. The van der Waals surface area contributed by atoms with Gasteiger partial charge >= 0.3 is 0 Å². The first kappa shape index (κ1) is 11.7.